The molecule has 2 atom stereocenters. The van der Waals surface area contributed by atoms with Gasteiger partial charge in [-0.2, -0.15) is 5.10 Å². The summed E-state index contributed by atoms with van der Waals surface area (Å²) in [4.78, 5) is 12.6. The van der Waals surface area contributed by atoms with Crippen LogP contribution in [0.4, 0.5) is 14.5 Å². The third-order valence-corrected chi connectivity index (χ3v) is 5.19. The fourth-order valence-corrected chi connectivity index (χ4v) is 3.97. The topological polar surface area (TPSA) is 46.9 Å². The van der Waals surface area contributed by atoms with Crippen molar-refractivity contribution < 1.29 is 13.6 Å². The van der Waals surface area contributed by atoms with Crippen molar-refractivity contribution in [2.75, 3.05) is 5.32 Å². The largest absolute Gasteiger partial charge is 0.322 e. The number of halogens is 2. The summed E-state index contributed by atoms with van der Waals surface area (Å²) in [6.45, 7) is 4.15. The average Bonchev–Trinajstić information content (AvgIpc) is 3.08. The van der Waals surface area contributed by atoms with Crippen LogP contribution in [0.3, 0.4) is 0 Å². The molecule has 0 bridgehead atoms. The van der Waals surface area contributed by atoms with Gasteiger partial charge in [0.15, 0.2) is 0 Å². The molecule has 2 aliphatic rings. The number of carbonyl (C=O) groups excluding carboxylic acids is 1. The number of alkyl halides is 2. The smallest absolute Gasteiger partial charge is 0.282 e. The van der Waals surface area contributed by atoms with Crippen molar-refractivity contribution in [3.8, 4) is 0 Å². The molecule has 1 fully saturated rings. The Hall–Kier alpha value is -2.50. The summed E-state index contributed by atoms with van der Waals surface area (Å²) < 4.78 is 27.5. The molecule has 1 N–H and O–H groups in total. The molecule has 1 aromatic heterocycles. The lowest BCUT2D eigenvalue weighted by molar-refractivity contribution is 0.101. The minimum absolute atomic E-state index is 0.0881. The lowest BCUT2D eigenvalue weighted by atomic mass is 9.98. The van der Waals surface area contributed by atoms with Crippen LogP contribution >= 0.6 is 0 Å². The lowest BCUT2D eigenvalue weighted by Gasteiger charge is -2.14. The Morgan fingerprint density at radius 2 is 2.24 bits per heavy atom. The van der Waals surface area contributed by atoms with Gasteiger partial charge in [-0.1, -0.05) is 24.3 Å². The molecule has 130 valence electrons. The molecule has 1 amide bonds. The molecule has 0 spiro atoms. The van der Waals surface area contributed by atoms with Crippen molar-refractivity contribution in [3.05, 3.63) is 58.9 Å². The number of nitrogens with zero attached hydrogens (tertiary/aromatic N) is 2. The Labute approximate surface area is 144 Å². The summed E-state index contributed by atoms with van der Waals surface area (Å²) in [6.07, 6.45) is 1.72. The van der Waals surface area contributed by atoms with E-state index in [4.69, 9.17) is 0 Å². The predicted molar refractivity (Wildman–Crippen MR) is 90.9 cm³/mol. The number of fused-ring (bicyclic) bond motifs is 3. The van der Waals surface area contributed by atoms with Crippen molar-refractivity contribution in [1.82, 2.24) is 9.78 Å². The Balaban J connectivity index is 1.69. The quantitative estimate of drug-likeness (QED) is 0.849. The predicted octanol–water partition coefficient (Wildman–Crippen LogP) is 4.22. The van der Waals surface area contributed by atoms with E-state index in [0.29, 0.717) is 11.6 Å². The highest BCUT2D eigenvalue weighted by Crippen LogP contribution is 2.59. The molecule has 2 aliphatic carbocycles. The molecule has 25 heavy (non-hydrogen) atoms. The van der Waals surface area contributed by atoms with Crippen LogP contribution in [0.25, 0.3) is 0 Å². The number of hydrogen-bond acceptors (Lipinski definition) is 2. The van der Waals surface area contributed by atoms with Gasteiger partial charge in [0.05, 0.1) is 5.56 Å². The number of hydrogen-bond donors (Lipinski definition) is 1. The summed E-state index contributed by atoms with van der Waals surface area (Å²) in [5, 5.41) is 6.54. The first kappa shape index (κ1) is 16.0. The Morgan fingerprint density at radius 3 is 3.00 bits per heavy atom. The highest BCUT2D eigenvalue weighted by Gasteiger charge is 2.46. The van der Waals surface area contributed by atoms with Gasteiger partial charge in [-0.05, 0) is 42.4 Å². The van der Waals surface area contributed by atoms with E-state index < -0.39 is 18.0 Å². The van der Waals surface area contributed by atoms with E-state index >= 15 is 0 Å². The Bertz CT molecular complexity index is 872. The first-order chi connectivity index (χ1) is 12.0. The summed E-state index contributed by atoms with van der Waals surface area (Å²) in [5.74, 6) is 0.204. The monoisotopic (exact) mass is 343 g/mol. The first-order valence-electron chi connectivity index (χ1n) is 8.41. The average molecular weight is 343 g/mol. The number of aromatic nitrogens is 2. The summed E-state index contributed by atoms with van der Waals surface area (Å²) in [5.41, 5.74) is 3.64. The number of anilines is 1. The van der Waals surface area contributed by atoms with E-state index in [0.717, 1.165) is 24.8 Å². The van der Waals surface area contributed by atoms with Crippen molar-refractivity contribution in [2.45, 2.75) is 31.6 Å². The first-order valence-corrected chi connectivity index (χ1v) is 8.41. The zero-order valence-electron chi connectivity index (χ0n) is 13.9. The number of allylic oxidation sites excluding steroid dienone is 1. The summed E-state index contributed by atoms with van der Waals surface area (Å²) >= 11 is 0. The fourth-order valence-electron chi connectivity index (χ4n) is 3.97. The molecule has 1 aromatic carbocycles. The fraction of sp³-hybridized carbons (Fsp3) is 0.368. The number of benzene rings is 1. The Kier molecular flexibility index (Phi) is 3.71. The highest BCUT2D eigenvalue weighted by molar-refractivity contribution is 6.05. The van der Waals surface area contributed by atoms with Gasteiger partial charge < -0.3 is 5.32 Å². The molecule has 4 nitrogen and oxygen atoms in total. The minimum atomic E-state index is -2.79. The zero-order valence-corrected chi connectivity index (χ0v) is 13.9. The standard InChI is InChI=1S/C19H19F2N3O/c1-10-12-7-3-5-11-6-4-8-14(16(11)15(10)12)22-19(25)13-9-24(2)23-17(13)18(20)21/h4,6,8-9,12,15,18H,1,3,5,7H2,2H3,(H,22,25). The van der Waals surface area contributed by atoms with Crippen LogP contribution in [-0.4, -0.2) is 15.7 Å². The Morgan fingerprint density at radius 1 is 1.44 bits per heavy atom. The van der Waals surface area contributed by atoms with Crippen LogP contribution in [0, 0.1) is 5.92 Å². The number of nitrogens with one attached hydrogen (secondary N) is 1. The normalized spacial score (nSPS) is 21.5. The van der Waals surface area contributed by atoms with E-state index in [2.05, 4.69) is 23.1 Å². The van der Waals surface area contributed by atoms with Gasteiger partial charge in [-0.25, -0.2) is 8.78 Å². The lowest BCUT2D eigenvalue weighted by Crippen LogP contribution is -2.15. The molecule has 0 aliphatic heterocycles. The van der Waals surface area contributed by atoms with E-state index in [1.54, 1.807) is 0 Å². The van der Waals surface area contributed by atoms with Crippen LogP contribution < -0.4 is 5.32 Å². The van der Waals surface area contributed by atoms with E-state index in [1.807, 2.05) is 12.1 Å². The minimum Gasteiger partial charge on any atom is -0.322 e. The van der Waals surface area contributed by atoms with Gasteiger partial charge in [0.2, 0.25) is 0 Å². The highest BCUT2D eigenvalue weighted by atomic mass is 19.3. The molecular weight excluding hydrogens is 324 g/mol. The maximum absolute atomic E-state index is 13.1. The van der Waals surface area contributed by atoms with Crippen molar-refractivity contribution in [3.63, 3.8) is 0 Å². The molecule has 4 rings (SSSR count). The third-order valence-electron chi connectivity index (χ3n) is 5.19. The van der Waals surface area contributed by atoms with Gasteiger partial charge in [0.25, 0.3) is 12.3 Å². The number of aryl methyl sites for hydroxylation is 2. The van der Waals surface area contributed by atoms with Crippen LogP contribution in [0.2, 0.25) is 0 Å². The molecule has 0 radical (unpaired) electrons. The second-order valence-corrected chi connectivity index (χ2v) is 6.79. The van der Waals surface area contributed by atoms with Crippen LogP contribution in [0.1, 0.15) is 52.4 Å². The number of rotatable bonds is 3. The zero-order chi connectivity index (χ0) is 17.7. The molecule has 6 heteroatoms. The van der Waals surface area contributed by atoms with Crippen molar-refractivity contribution in [2.24, 2.45) is 13.0 Å². The van der Waals surface area contributed by atoms with E-state index in [1.165, 1.54) is 29.1 Å². The van der Waals surface area contributed by atoms with E-state index in [-0.39, 0.29) is 11.5 Å². The number of amides is 1. The van der Waals surface area contributed by atoms with Gasteiger partial charge in [-0.3, -0.25) is 9.48 Å². The summed E-state index contributed by atoms with van der Waals surface area (Å²) in [6, 6.07) is 5.81. The molecule has 1 heterocycles. The van der Waals surface area contributed by atoms with Crippen LogP contribution in [-0.2, 0) is 13.5 Å². The second-order valence-electron chi connectivity index (χ2n) is 6.79. The second kappa shape index (κ2) is 5.79. The van der Waals surface area contributed by atoms with Crippen LogP contribution in [0.15, 0.2) is 36.5 Å². The molecule has 2 aromatic rings. The molecule has 2 unspecified atom stereocenters. The van der Waals surface area contributed by atoms with Gasteiger partial charge >= 0.3 is 0 Å². The van der Waals surface area contributed by atoms with Crippen molar-refractivity contribution >= 4 is 11.6 Å². The van der Waals surface area contributed by atoms with E-state index in [9.17, 15) is 13.6 Å². The van der Waals surface area contributed by atoms with Crippen LogP contribution in [0.5, 0.6) is 0 Å². The third kappa shape index (κ3) is 2.65. The SMILES string of the molecule is C=C1C2CCCc3cccc(NC(=O)c4cn(C)nc4C(F)F)c3C12. The molecule has 0 saturated heterocycles. The summed E-state index contributed by atoms with van der Waals surface area (Å²) in [7, 11) is 1.52. The molecular formula is C19H19F2N3O. The van der Waals surface area contributed by atoms with Gasteiger partial charge in [0.1, 0.15) is 5.69 Å². The maximum atomic E-state index is 13.1. The van der Waals surface area contributed by atoms with Gasteiger partial charge in [0, 0.05) is 24.8 Å². The number of carbonyl (C=O) groups is 1. The van der Waals surface area contributed by atoms with Gasteiger partial charge in [-0.15, -0.1) is 0 Å². The maximum Gasteiger partial charge on any atom is 0.282 e. The molecule has 1 saturated carbocycles. The van der Waals surface area contributed by atoms with Crippen molar-refractivity contribution in [1.29, 1.82) is 0 Å².